The van der Waals surface area contributed by atoms with Crippen molar-refractivity contribution in [3.05, 3.63) is 83.4 Å². The summed E-state index contributed by atoms with van der Waals surface area (Å²) in [7, 11) is -1.18. The molecule has 252 valence electrons. The van der Waals surface area contributed by atoms with Gasteiger partial charge in [-0.05, 0) is 85.7 Å². The number of carbonyl (C=O) groups is 2. The standard InChI is InChI=1S/C37H50N4O5Si/c1-6-46-36(44)26-30(11-9-20-42)29-14-16-31(17-15-29)38-35(43)25-28-13-18-33-34(24-28)41(19-21-45-22-23-47(3,4)5)37(40-33)39-32-12-8-7-10-27(32)2/h7-8,10,12-18,24,30,42H,6,9,11,19-23,25-26H2,1-5H3,(H,38,43)(H,39,40). The van der Waals surface area contributed by atoms with E-state index in [0.717, 1.165) is 52.0 Å². The van der Waals surface area contributed by atoms with Gasteiger partial charge in [-0.25, -0.2) is 4.98 Å². The number of aliphatic hydroxyl groups excluding tert-OH is 1. The highest BCUT2D eigenvalue weighted by atomic mass is 28.3. The Bertz CT molecular complexity index is 1610. The average Bonchev–Trinajstić information content (AvgIpc) is 3.36. The molecule has 0 bridgehead atoms. The van der Waals surface area contributed by atoms with Crippen LogP contribution in [0.25, 0.3) is 11.0 Å². The first kappa shape index (κ1) is 35.9. The molecule has 1 heterocycles. The second kappa shape index (κ2) is 17.2. The molecule has 1 aromatic heterocycles. The number of para-hydroxylation sites is 1. The fourth-order valence-electron chi connectivity index (χ4n) is 5.44. The number of hydrogen-bond acceptors (Lipinski definition) is 7. The second-order valence-corrected chi connectivity index (χ2v) is 18.8. The molecule has 0 saturated carbocycles. The highest BCUT2D eigenvalue weighted by Gasteiger charge is 2.18. The first-order valence-electron chi connectivity index (χ1n) is 16.6. The molecule has 3 aromatic carbocycles. The Labute approximate surface area is 279 Å². The summed E-state index contributed by atoms with van der Waals surface area (Å²) in [5, 5.41) is 15.8. The molecule has 1 amide bonds. The lowest BCUT2D eigenvalue weighted by molar-refractivity contribution is -0.143. The Kier molecular flexibility index (Phi) is 13.2. The zero-order valence-corrected chi connectivity index (χ0v) is 29.5. The minimum Gasteiger partial charge on any atom is -0.466 e. The monoisotopic (exact) mass is 658 g/mol. The van der Waals surface area contributed by atoms with E-state index in [1.807, 2.05) is 60.7 Å². The summed E-state index contributed by atoms with van der Waals surface area (Å²) in [5.41, 5.74) is 6.46. The number of amides is 1. The molecule has 0 aliphatic carbocycles. The predicted molar refractivity (Wildman–Crippen MR) is 192 cm³/mol. The molecule has 0 fully saturated rings. The van der Waals surface area contributed by atoms with Crippen molar-refractivity contribution in [3.8, 4) is 0 Å². The van der Waals surface area contributed by atoms with Crippen LogP contribution in [0.15, 0.2) is 66.7 Å². The van der Waals surface area contributed by atoms with Gasteiger partial charge in [0.1, 0.15) is 0 Å². The Morgan fingerprint density at radius 2 is 1.79 bits per heavy atom. The number of aryl methyl sites for hydroxylation is 1. The van der Waals surface area contributed by atoms with Crippen molar-refractivity contribution in [2.75, 3.05) is 37.1 Å². The zero-order valence-electron chi connectivity index (χ0n) is 28.5. The zero-order chi connectivity index (χ0) is 33.8. The highest BCUT2D eigenvalue weighted by Crippen LogP contribution is 2.28. The Morgan fingerprint density at radius 3 is 2.49 bits per heavy atom. The van der Waals surface area contributed by atoms with E-state index >= 15 is 0 Å². The van der Waals surface area contributed by atoms with Crippen LogP contribution < -0.4 is 10.6 Å². The second-order valence-electron chi connectivity index (χ2n) is 13.2. The smallest absolute Gasteiger partial charge is 0.306 e. The predicted octanol–water partition coefficient (Wildman–Crippen LogP) is 7.43. The summed E-state index contributed by atoms with van der Waals surface area (Å²) in [4.78, 5) is 30.2. The number of aromatic nitrogens is 2. The minimum absolute atomic E-state index is 0.0570. The van der Waals surface area contributed by atoms with Crippen molar-refractivity contribution < 1.29 is 24.2 Å². The summed E-state index contributed by atoms with van der Waals surface area (Å²) in [5.74, 6) is 0.307. The quantitative estimate of drug-likeness (QED) is 0.0579. The van der Waals surface area contributed by atoms with Crippen molar-refractivity contribution in [1.29, 1.82) is 0 Å². The van der Waals surface area contributed by atoms with Gasteiger partial charge in [0.2, 0.25) is 11.9 Å². The van der Waals surface area contributed by atoms with Gasteiger partial charge in [0, 0.05) is 39.2 Å². The fourth-order valence-corrected chi connectivity index (χ4v) is 6.20. The van der Waals surface area contributed by atoms with Gasteiger partial charge in [-0.15, -0.1) is 0 Å². The highest BCUT2D eigenvalue weighted by molar-refractivity contribution is 6.76. The van der Waals surface area contributed by atoms with Crippen LogP contribution in [0, 0.1) is 6.92 Å². The van der Waals surface area contributed by atoms with Gasteiger partial charge in [0.15, 0.2) is 0 Å². The number of fused-ring (bicyclic) bond motifs is 1. The molecule has 0 radical (unpaired) electrons. The Balaban J connectivity index is 1.47. The molecule has 1 atom stereocenters. The molecule has 1 unspecified atom stereocenters. The number of esters is 1. The number of rotatable bonds is 18. The van der Waals surface area contributed by atoms with Crippen LogP contribution in [0.4, 0.5) is 17.3 Å². The third kappa shape index (κ3) is 11.0. The van der Waals surface area contributed by atoms with E-state index in [2.05, 4.69) is 47.8 Å². The lowest BCUT2D eigenvalue weighted by atomic mass is 9.91. The van der Waals surface area contributed by atoms with Gasteiger partial charge in [0.05, 0.1) is 37.1 Å². The lowest BCUT2D eigenvalue weighted by Gasteiger charge is -2.17. The number of imidazole rings is 1. The van der Waals surface area contributed by atoms with E-state index in [1.54, 1.807) is 6.92 Å². The van der Waals surface area contributed by atoms with Crippen molar-refractivity contribution in [3.63, 3.8) is 0 Å². The molecular formula is C37H50N4O5Si. The van der Waals surface area contributed by atoms with Gasteiger partial charge in [-0.3, -0.25) is 9.59 Å². The Morgan fingerprint density at radius 1 is 1.02 bits per heavy atom. The van der Waals surface area contributed by atoms with Crippen LogP contribution in [0.5, 0.6) is 0 Å². The van der Waals surface area contributed by atoms with Gasteiger partial charge in [-0.2, -0.15) is 0 Å². The first-order chi connectivity index (χ1) is 22.6. The van der Waals surface area contributed by atoms with Crippen molar-refractivity contribution in [1.82, 2.24) is 9.55 Å². The largest absolute Gasteiger partial charge is 0.466 e. The summed E-state index contributed by atoms with van der Waals surface area (Å²) < 4.78 is 13.3. The molecular weight excluding hydrogens is 609 g/mol. The number of benzene rings is 3. The minimum atomic E-state index is -1.18. The molecule has 0 aliphatic rings. The fraction of sp³-hybridized carbons (Fsp3) is 0.432. The average molecular weight is 659 g/mol. The van der Waals surface area contributed by atoms with Crippen LogP contribution in [-0.2, 0) is 32.0 Å². The first-order valence-corrected chi connectivity index (χ1v) is 20.3. The van der Waals surface area contributed by atoms with E-state index in [4.69, 9.17) is 14.5 Å². The molecule has 9 nitrogen and oxygen atoms in total. The van der Waals surface area contributed by atoms with Gasteiger partial charge in [-0.1, -0.05) is 56.0 Å². The number of hydrogen-bond donors (Lipinski definition) is 3. The van der Waals surface area contributed by atoms with Gasteiger partial charge >= 0.3 is 5.97 Å². The van der Waals surface area contributed by atoms with Crippen molar-refractivity contribution in [2.24, 2.45) is 0 Å². The number of nitrogens with one attached hydrogen (secondary N) is 2. The summed E-state index contributed by atoms with van der Waals surface area (Å²) in [6, 6.07) is 22.8. The molecule has 4 rings (SSSR count). The summed E-state index contributed by atoms with van der Waals surface area (Å²) >= 11 is 0. The van der Waals surface area contributed by atoms with E-state index < -0.39 is 8.07 Å². The molecule has 0 spiro atoms. The summed E-state index contributed by atoms with van der Waals surface area (Å²) in [6.07, 6.45) is 1.73. The third-order valence-electron chi connectivity index (χ3n) is 8.12. The maximum absolute atomic E-state index is 13.1. The van der Waals surface area contributed by atoms with Gasteiger partial charge in [0.25, 0.3) is 0 Å². The van der Waals surface area contributed by atoms with Crippen LogP contribution >= 0.6 is 0 Å². The maximum atomic E-state index is 13.1. The molecule has 0 saturated heterocycles. The molecule has 4 aromatic rings. The number of anilines is 3. The molecule has 0 aliphatic heterocycles. The summed E-state index contributed by atoms with van der Waals surface area (Å²) in [6.45, 7) is 13.3. The number of nitrogens with zero attached hydrogens (tertiary/aromatic N) is 2. The van der Waals surface area contributed by atoms with E-state index in [9.17, 15) is 14.7 Å². The SMILES string of the molecule is CCOC(=O)CC(CCCO)c1ccc(NC(=O)Cc2ccc3nc(Nc4ccccc4C)n(CCOCC[Si](C)(C)C)c3c2)cc1. The van der Waals surface area contributed by atoms with Gasteiger partial charge < -0.3 is 29.8 Å². The number of carbonyl (C=O) groups excluding carboxylic acids is 2. The Hall–Kier alpha value is -3.99. The third-order valence-corrected chi connectivity index (χ3v) is 9.82. The maximum Gasteiger partial charge on any atom is 0.306 e. The molecule has 10 heteroatoms. The van der Waals surface area contributed by atoms with Crippen molar-refractivity contribution in [2.45, 2.75) is 77.7 Å². The van der Waals surface area contributed by atoms with Crippen LogP contribution in [0.3, 0.4) is 0 Å². The van der Waals surface area contributed by atoms with Crippen LogP contribution in [0.2, 0.25) is 25.7 Å². The van der Waals surface area contributed by atoms with E-state index in [-0.39, 0.29) is 37.2 Å². The molecule has 47 heavy (non-hydrogen) atoms. The number of ether oxygens (including phenoxy) is 2. The van der Waals surface area contributed by atoms with E-state index in [1.165, 1.54) is 0 Å². The normalized spacial score (nSPS) is 12.2. The van der Waals surface area contributed by atoms with Crippen LogP contribution in [0.1, 0.15) is 48.8 Å². The topological polar surface area (TPSA) is 115 Å². The molecule has 3 N–H and O–H groups in total. The van der Waals surface area contributed by atoms with Crippen molar-refractivity contribution >= 4 is 48.3 Å². The lowest BCUT2D eigenvalue weighted by Crippen LogP contribution is -2.22. The van der Waals surface area contributed by atoms with Crippen LogP contribution in [-0.4, -0.2) is 61.0 Å². The number of aliphatic hydroxyl groups is 1. The van der Waals surface area contributed by atoms with E-state index in [0.29, 0.717) is 38.3 Å².